The summed E-state index contributed by atoms with van der Waals surface area (Å²) in [4.78, 5) is 14.3. The lowest BCUT2D eigenvalue weighted by Gasteiger charge is -2.19. The van der Waals surface area contributed by atoms with Gasteiger partial charge in [-0.3, -0.25) is 4.79 Å². The number of aliphatic hydroxyl groups is 1. The van der Waals surface area contributed by atoms with Crippen molar-refractivity contribution in [2.75, 3.05) is 6.61 Å². The first-order valence-corrected chi connectivity index (χ1v) is 8.02. The van der Waals surface area contributed by atoms with E-state index in [0.717, 1.165) is 30.1 Å². The van der Waals surface area contributed by atoms with Crippen molar-refractivity contribution < 1.29 is 9.90 Å². The molecule has 0 radical (unpaired) electrons. The first-order valence-electron chi connectivity index (χ1n) is 7.21. The number of fused-ring (bicyclic) bond motifs is 1. The van der Waals surface area contributed by atoms with E-state index in [0.29, 0.717) is 0 Å². The number of aliphatic hydroxyl groups excluding tert-OH is 1. The zero-order valence-electron chi connectivity index (χ0n) is 11.7. The fourth-order valence-corrected chi connectivity index (χ4v) is 3.70. The smallest absolute Gasteiger partial charge is 0.261 e. The maximum atomic E-state index is 12.1. The van der Waals surface area contributed by atoms with Gasteiger partial charge in [-0.15, -0.1) is 11.3 Å². The van der Waals surface area contributed by atoms with E-state index < -0.39 is 0 Å². The third kappa shape index (κ3) is 3.37. The Morgan fingerprint density at radius 3 is 3.00 bits per heavy atom. The van der Waals surface area contributed by atoms with Crippen LogP contribution in [0.3, 0.4) is 0 Å². The molecule has 0 saturated heterocycles. The van der Waals surface area contributed by atoms with E-state index in [1.807, 2.05) is 6.92 Å². The van der Waals surface area contributed by atoms with Crippen LogP contribution in [0, 0.1) is 5.92 Å². The monoisotopic (exact) mass is 281 g/mol. The van der Waals surface area contributed by atoms with Crippen LogP contribution < -0.4 is 5.32 Å². The van der Waals surface area contributed by atoms with E-state index in [4.69, 9.17) is 5.11 Å². The Bertz CT molecular complexity index is 437. The average Bonchev–Trinajstić information content (AvgIpc) is 2.87. The van der Waals surface area contributed by atoms with Crippen LogP contribution >= 0.6 is 11.3 Å². The van der Waals surface area contributed by atoms with Gasteiger partial charge in [0, 0.05) is 4.88 Å². The van der Waals surface area contributed by atoms with Crippen LogP contribution in [-0.2, 0) is 12.8 Å². The Hall–Kier alpha value is -0.870. The van der Waals surface area contributed by atoms with Crippen molar-refractivity contribution in [3.05, 3.63) is 21.4 Å². The highest BCUT2D eigenvalue weighted by atomic mass is 32.1. The number of amides is 1. The highest BCUT2D eigenvalue weighted by Crippen LogP contribution is 2.33. The molecule has 0 fully saturated rings. The second kappa shape index (κ2) is 6.53. The van der Waals surface area contributed by atoms with E-state index in [-0.39, 0.29) is 18.6 Å². The van der Waals surface area contributed by atoms with Crippen LogP contribution in [0.15, 0.2) is 6.07 Å². The molecule has 1 aliphatic carbocycles. The van der Waals surface area contributed by atoms with E-state index in [9.17, 15) is 4.79 Å². The third-order valence-electron chi connectivity index (χ3n) is 4.03. The van der Waals surface area contributed by atoms with Crippen molar-refractivity contribution in [2.45, 2.75) is 52.0 Å². The summed E-state index contributed by atoms with van der Waals surface area (Å²) >= 11 is 1.63. The molecule has 0 saturated carbocycles. The SMILES string of the molecule is CCC1CCc2sc(C(=O)NC(CC)CO)cc2C1. The summed E-state index contributed by atoms with van der Waals surface area (Å²) in [6.45, 7) is 4.21. The maximum Gasteiger partial charge on any atom is 0.261 e. The van der Waals surface area contributed by atoms with Gasteiger partial charge in [0.2, 0.25) is 0 Å². The summed E-state index contributed by atoms with van der Waals surface area (Å²) in [7, 11) is 0. The van der Waals surface area contributed by atoms with Crippen molar-refractivity contribution in [3.63, 3.8) is 0 Å². The molecule has 1 heterocycles. The predicted octanol–water partition coefficient (Wildman–Crippen LogP) is 2.76. The number of rotatable bonds is 5. The third-order valence-corrected chi connectivity index (χ3v) is 5.27. The minimum absolute atomic E-state index is 0.00520. The normalized spacial score (nSPS) is 19.8. The summed E-state index contributed by atoms with van der Waals surface area (Å²) in [5, 5.41) is 12.0. The molecule has 1 aromatic heterocycles. The van der Waals surface area contributed by atoms with Crippen molar-refractivity contribution >= 4 is 17.2 Å². The lowest BCUT2D eigenvalue weighted by molar-refractivity contribution is 0.0919. The molecule has 2 atom stereocenters. The summed E-state index contributed by atoms with van der Waals surface area (Å²) < 4.78 is 0. The molecule has 2 rings (SSSR count). The zero-order chi connectivity index (χ0) is 13.8. The summed E-state index contributed by atoms with van der Waals surface area (Å²) in [5.41, 5.74) is 1.37. The molecule has 1 aliphatic rings. The quantitative estimate of drug-likeness (QED) is 0.872. The van der Waals surface area contributed by atoms with Gasteiger partial charge in [0.05, 0.1) is 17.5 Å². The largest absolute Gasteiger partial charge is 0.394 e. The molecule has 106 valence electrons. The fourth-order valence-electron chi connectivity index (χ4n) is 2.59. The molecule has 0 aliphatic heterocycles. The van der Waals surface area contributed by atoms with E-state index in [2.05, 4.69) is 18.3 Å². The van der Waals surface area contributed by atoms with Crippen LogP contribution in [0.1, 0.15) is 53.2 Å². The lowest BCUT2D eigenvalue weighted by Crippen LogP contribution is -2.36. The van der Waals surface area contributed by atoms with Gasteiger partial charge in [0.15, 0.2) is 0 Å². The molecule has 0 bridgehead atoms. The topological polar surface area (TPSA) is 49.3 Å². The van der Waals surface area contributed by atoms with Gasteiger partial charge < -0.3 is 10.4 Å². The molecule has 0 spiro atoms. The summed E-state index contributed by atoms with van der Waals surface area (Å²) in [6.07, 6.45) is 5.46. The van der Waals surface area contributed by atoms with Gasteiger partial charge in [-0.1, -0.05) is 20.3 Å². The predicted molar refractivity (Wildman–Crippen MR) is 78.8 cm³/mol. The molecule has 1 aromatic rings. The zero-order valence-corrected chi connectivity index (χ0v) is 12.6. The molecular formula is C15H23NO2S. The highest BCUT2D eigenvalue weighted by molar-refractivity contribution is 7.14. The number of aryl methyl sites for hydroxylation is 1. The van der Waals surface area contributed by atoms with Crippen LogP contribution in [0.4, 0.5) is 0 Å². The molecular weight excluding hydrogens is 258 g/mol. The minimum atomic E-state index is -0.130. The lowest BCUT2D eigenvalue weighted by atomic mass is 9.87. The number of carbonyl (C=O) groups excluding carboxylic acids is 1. The first kappa shape index (κ1) is 14.5. The Labute approximate surface area is 119 Å². The van der Waals surface area contributed by atoms with E-state index in [1.165, 1.54) is 23.3 Å². The second-order valence-corrected chi connectivity index (χ2v) is 6.47. The van der Waals surface area contributed by atoms with Crippen molar-refractivity contribution in [1.82, 2.24) is 5.32 Å². The molecule has 19 heavy (non-hydrogen) atoms. The highest BCUT2D eigenvalue weighted by Gasteiger charge is 2.22. The number of hydrogen-bond acceptors (Lipinski definition) is 3. The van der Waals surface area contributed by atoms with Gasteiger partial charge in [0.25, 0.3) is 5.91 Å². The minimum Gasteiger partial charge on any atom is -0.394 e. The maximum absolute atomic E-state index is 12.1. The van der Waals surface area contributed by atoms with E-state index >= 15 is 0 Å². The van der Waals surface area contributed by atoms with Gasteiger partial charge >= 0.3 is 0 Å². The van der Waals surface area contributed by atoms with Gasteiger partial charge in [-0.2, -0.15) is 0 Å². The van der Waals surface area contributed by atoms with E-state index in [1.54, 1.807) is 11.3 Å². The molecule has 4 heteroatoms. The van der Waals surface area contributed by atoms with Crippen LogP contribution in [0.5, 0.6) is 0 Å². The second-order valence-electron chi connectivity index (χ2n) is 5.34. The van der Waals surface area contributed by atoms with Crippen molar-refractivity contribution in [2.24, 2.45) is 5.92 Å². The first-order chi connectivity index (χ1) is 9.17. The standard InChI is InChI=1S/C15H23NO2S/c1-3-10-5-6-13-11(7-10)8-14(19-13)15(18)16-12(4-2)9-17/h8,10,12,17H,3-7,9H2,1-2H3,(H,16,18). The summed E-state index contributed by atoms with van der Waals surface area (Å²) in [6, 6.07) is 1.93. The van der Waals surface area contributed by atoms with Crippen LogP contribution in [0.25, 0.3) is 0 Å². The number of carbonyl (C=O) groups is 1. The van der Waals surface area contributed by atoms with Crippen LogP contribution in [-0.4, -0.2) is 23.7 Å². The number of hydrogen-bond donors (Lipinski definition) is 2. The Kier molecular flexibility index (Phi) is 4.99. The summed E-state index contributed by atoms with van der Waals surface area (Å²) in [5.74, 6) is 0.743. The van der Waals surface area contributed by atoms with Crippen LogP contribution in [0.2, 0.25) is 0 Å². The fraction of sp³-hybridized carbons (Fsp3) is 0.667. The van der Waals surface area contributed by atoms with Gasteiger partial charge in [0.1, 0.15) is 0 Å². The number of nitrogens with one attached hydrogen (secondary N) is 1. The molecule has 2 N–H and O–H groups in total. The average molecular weight is 281 g/mol. The Morgan fingerprint density at radius 2 is 2.37 bits per heavy atom. The van der Waals surface area contributed by atoms with Gasteiger partial charge in [-0.25, -0.2) is 0 Å². The molecule has 0 aromatic carbocycles. The molecule has 3 nitrogen and oxygen atoms in total. The Morgan fingerprint density at radius 1 is 1.58 bits per heavy atom. The Balaban J connectivity index is 2.06. The van der Waals surface area contributed by atoms with Crippen molar-refractivity contribution in [1.29, 1.82) is 0 Å². The van der Waals surface area contributed by atoms with Gasteiger partial charge in [-0.05, 0) is 43.2 Å². The molecule has 2 unspecified atom stereocenters. The molecule has 1 amide bonds. The number of thiophene rings is 1. The van der Waals surface area contributed by atoms with Crippen molar-refractivity contribution in [3.8, 4) is 0 Å².